The summed E-state index contributed by atoms with van der Waals surface area (Å²) in [5.41, 5.74) is -0.134. The number of amides is 1. The molecule has 2 N–H and O–H groups in total. The summed E-state index contributed by atoms with van der Waals surface area (Å²) in [6.07, 6.45) is -2.44. The van der Waals surface area contributed by atoms with Crippen LogP contribution in [0.2, 0.25) is 5.02 Å². The van der Waals surface area contributed by atoms with Crippen LogP contribution < -0.4 is 14.8 Å². The second kappa shape index (κ2) is 8.12. The van der Waals surface area contributed by atoms with Crippen molar-refractivity contribution in [1.82, 2.24) is 0 Å². The summed E-state index contributed by atoms with van der Waals surface area (Å²) in [5.74, 6) is 0.403. The van der Waals surface area contributed by atoms with Gasteiger partial charge in [0.1, 0.15) is 6.61 Å². The fourth-order valence-corrected chi connectivity index (χ4v) is 2.80. The second-order valence-corrected chi connectivity index (χ2v) is 6.36. The SMILES string of the molecule is O=C(/C=C/c1ccc(C(F)(F)F)c(Cl)c1)Nc1ccc2c(c1)OC[C@@H](CO)O2. The van der Waals surface area contributed by atoms with E-state index in [1.165, 1.54) is 18.2 Å². The molecule has 0 radical (unpaired) electrons. The number of carbonyl (C=O) groups excluding carboxylic acids is 1. The van der Waals surface area contributed by atoms with E-state index in [0.717, 1.165) is 12.1 Å². The highest BCUT2D eigenvalue weighted by Crippen LogP contribution is 2.35. The Morgan fingerprint density at radius 3 is 2.71 bits per heavy atom. The molecule has 1 aliphatic rings. The summed E-state index contributed by atoms with van der Waals surface area (Å²) in [5, 5.41) is 11.3. The molecule has 0 unspecified atom stereocenters. The van der Waals surface area contributed by atoms with E-state index >= 15 is 0 Å². The van der Waals surface area contributed by atoms with Crippen LogP contribution in [0.1, 0.15) is 11.1 Å². The molecule has 0 aliphatic carbocycles. The molecule has 1 amide bonds. The number of hydrogen-bond donors (Lipinski definition) is 2. The first-order valence-corrected chi connectivity index (χ1v) is 8.54. The third kappa shape index (κ3) is 4.76. The van der Waals surface area contributed by atoms with Crippen LogP contribution in [-0.2, 0) is 11.0 Å². The fraction of sp³-hybridized carbons (Fsp3) is 0.211. The van der Waals surface area contributed by atoms with E-state index in [1.807, 2.05) is 0 Å². The number of rotatable bonds is 4. The van der Waals surface area contributed by atoms with Crippen molar-refractivity contribution < 1.29 is 32.5 Å². The number of alkyl halides is 3. The molecule has 1 aliphatic heterocycles. The highest BCUT2D eigenvalue weighted by atomic mass is 35.5. The van der Waals surface area contributed by atoms with Gasteiger partial charge in [0.2, 0.25) is 5.91 Å². The Morgan fingerprint density at radius 1 is 1.25 bits per heavy atom. The van der Waals surface area contributed by atoms with Gasteiger partial charge in [-0.2, -0.15) is 13.2 Å². The summed E-state index contributed by atoms with van der Waals surface area (Å²) in [7, 11) is 0. The van der Waals surface area contributed by atoms with Gasteiger partial charge in [-0.05, 0) is 35.9 Å². The molecule has 5 nitrogen and oxygen atoms in total. The van der Waals surface area contributed by atoms with Gasteiger partial charge in [0, 0.05) is 17.8 Å². The summed E-state index contributed by atoms with van der Waals surface area (Å²) in [6.45, 7) is 0.0200. The van der Waals surface area contributed by atoms with E-state index in [4.69, 9.17) is 26.2 Å². The molecular weight excluding hydrogens is 399 g/mol. The van der Waals surface area contributed by atoms with E-state index < -0.39 is 28.8 Å². The number of benzene rings is 2. The lowest BCUT2D eigenvalue weighted by Gasteiger charge is -2.25. The quantitative estimate of drug-likeness (QED) is 0.739. The molecule has 9 heteroatoms. The molecule has 0 fully saturated rings. The van der Waals surface area contributed by atoms with Gasteiger partial charge in [0.05, 0.1) is 17.2 Å². The first-order valence-electron chi connectivity index (χ1n) is 8.16. The van der Waals surface area contributed by atoms with Crippen LogP contribution in [0.5, 0.6) is 11.5 Å². The fourth-order valence-electron chi connectivity index (χ4n) is 2.50. The van der Waals surface area contributed by atoms with Crippen molar-refractivity contribution >= 4 is 29.3 Å². The van der Waals surface area contributed by atoms with E-state index in [-0.39, 0.29) is 13.2 Å². The maximum absolute atomic E-state index is 12.7. The summed E-state index contributed by atoms with van der Waals surface area (Å²) >= 11 is 5.65. The normalized spacial score (nSPS) is 16.2. The lowest BCUT2D eigenvalue weighted by molar-refractivity contribution is -0.137. The summed E-state index contributed by atoms with van der Waals surface area (Å²) < 4.78 is 49.1. The average molecular weight is 414 g/mol. The van der Waals surface area contributed by atoms with E-state index in [9.17, 15) is 18.0 Å². The summed E-state index contributed by atoms with van der Waals surface area (Å²) in [4.78, 5) is 12.0. The average Bonchev–Trinajstić information content (AvgIpc) is 2.65. The van der Waals surface area contributed by atoms with E-state index in [0.29, 0.717) is 22.7 Å². The lowest BCUT2D eigenvalue weighted by atomic mass is 10.1. The molecule has 2 aromatic rings. The number of anilines is 1. The number of carbonyl (C=O) groups is 1. The standard InChI is InChI=1S/C19H15ClF3NO4/c20-15-7-11(1-4-14(15)19(21,22)23)2-6-18(26)24-12-3-5-16-17(8-12)27-10-13(9-25)28-16/h1-8,13,25H,9-10H2,(H,24,26)/b6-2+/t13-/m1/s1. The Kier molecular flexibility index (Phi) is 5.81. The van der Waals surface area contributed by atoms with Gasteiger partial charge in [-0.15, -0.1) is 0 Å². The Balaban J connectivity index is 1.65. The molecule has 0 saturated carbocycles. The molecule has 1 atom stereocenters. The minimum absolute atomic E-state index is 0.170. The number of halogens is 4. The number of aliphatic hydroxyl groups is 1. The third-order valence-electron chi connectivity index (χ3n) is 3.86. The molecule has 0 aromatic heterocycles. The van der Waals surface area contributed by atoms with Gasteiger partial charge in [0.15, 0.2) is 17.6 Å². The molecule has 3 rings (SSSR count). The van der Waals surface area contributed by atoms with Crippen molar-refractivity contribution in [2.75, 3.05) is 18.5 Å². The van der Waals surface area contributed by atoms with Crippen LogP contribution in [0, 0.1) is 0 Å². The topological polar surface area (TPSA) is 67.8 Å². The number of fused-ring (bicyclic) bond motifs is 1. The first-order chi connectivity index (χ1) is 13.3. The minimum atomic E-state index is -4.54. The van der Waals surface area contributed by atoms with Crippen molar-refractivity contribution in [3.63, 3.8) is 0 Å². The van der Waals surface area contributed by atoms with Gasteiger partial charge in [0.25, 0.3) is 0 Å². The van der Waals surface area contributed by atoms with Crippen molar-refractivity contribution in [3.05, 3.63) is 58.6 Å². The molecule has 1 heterocycles. The maximum Gasteiger partial charge on any atom is 0.417 e. The summed E-state index contributed by atoms with van der Waals surface area (Å²) in [6, 6.07) is 7.99. The van der Waals surface area contributed by atoms with Crippen molar-refractivity contribution in [1.29, 1.82) is 0 Å². The van der Waals surface area contributed by atoms with Crippen LogP contribution in [-0.4, -0.2) is 30.3 Å². The van der Waals surface area contributed by atoms with Crippen molar-refractivity contribution in [3.8, 4) is 11.5 Å². The smallest absolute Gasteiger partial charge is 0.417 e. The van der Waals surface area contributed by atoms with Crippen LogP contribution in [0.3, 0.4) is 0 Å². The molecular formula is C19H15ClF3NO4. The first kappa shape index (κ1) is 20.0. The van der Waals surface area contributed by atoms with Crippen LogP contribution >= 0.6 is 11.6 Å². The van der Waals surface area contributed by atoms with E-state index in [1.54, 1.807) is 18.2 Å². The van der Waals surface area contributed by atoms with Crippen LogP contribution in [0.4, 0.5) is 18.9 Å². The minimum Gasteiger partial charge on any atom is -0.486 e. The molecule has 0 saturated heterocycles. The second-order valence-electron chi connectivity index (χ2n) is 5.95. The Morgan fingerprint density at radius 2 is 2.04 bits per heavy atom. The Bertz CT molecular complexity index is 915. The van der Waals surface area contributed by atoms with Gasteiger partial charge in [-0.25, -0.2) is 0 Å². The highest BCUT2D eigenvalue weighted by Gasteiger charge is 2.32. The zero-order valence-corrected chi connectivity index (χ0v) is 15.1. The molecule has 0 spiro atoms. The predicted molar refractivity (Wildman–Crippen MR) is 97.6 cm³/mol. The van der Waals surface area contributed by atoms with Gasteiger partial charge >= 0.3 is 6.18 Å². The number of hydrogen-bond acceptors (Lipinski definition) is 4. The monoisotopic (exact) mass is 413 g/mol. The molecule has 28 heavy (non-hydrogen) atoms. The zero-order valence-electron chi connectivity index (χ0n) is 14.3. The molecule has 0 bridgehead atoms. The largest absolute Gasteiger partial charge is 0.486 e. The molecule has 2 aromatic carbocycles. The number of aliphatic hydroxyl groups excluding tert-OH is 1. The van der Waals surface area contributed by atoms with Crippen molar-refractivity contribution in [2.45, 2.75) is 12.3 Å². The number of nitrogens with one attached hydrogen (secondary N) is 1. The highest BCUT2D eigenvalue weighted by molar-refractivity contribution is 6.31. The maximum atomic E-state index is 12.7. The van der Waals surface area contributed by atoms with Crippen molar-refractivity contribution in [2.24, 2.45) is 0 Å². The van der Waals surface area contributed by atoms with Gasteiger partial charge < -0.3 is 19.9 Å². The Labute approximate surface area is 163 Å². The Hall–Kier alpha value is -2.71. The molecule has 148 valence electrons. The van der Waals surface area contributed by atoms with Crippen LogP contribution in [0.15, 0.2) is 42.5 Å². The van der Waals surface area contributed by atoms with Gasteiger partial charge in [-0.1, -0.05) is 17.7 Å². The van der Waals surface area contributed by atoms with Crippen LogP contribution in [0.25, 0.3) is 6.08 Å². The predicted octanol–water partition coefficient (Wildman–Crippen LogP) is 4.14. The van der Waals surface area contributed by atoms with E-state index in [2.05, 4.69) is 5.32 Å². The van der Waals surface area contributed by atoms with Gasteiger partial charge in [-0.3, -0.25) is 4.79 Å². The number of ether oxygens (including phenoxy) is 2. The third-order valence-corrected chi connectivity index (χ3v) is 4.17. The zero-order chi connectivity index (χ0) is 20.3. The lowest BCUT2D eigenvalue weighted by Crippen LogP contribution is -2.32.